The Kier molecular flexibility index (Phi) is 5.67. The molecule has 0 N–H and O–H groups in total. The minimum Gasteiger partial charge on any atom is -0.424 e. The summed E-state index contributed by atoms with van der Waals surface area (Å²) in [7, 11) is 0. The SMILES string of the molecule is Cc1sc2nc(SCc3nnc(Cc4ccccc4)o3)n(C3CCCC3)c(=O)c2c1C. The van der Waals surface area contributed by atoms with Crippen molar-refractivity contribution in [2.75, 3.05) is 0 Å². The highest BCUT2D eigenvalue weighted by Crippen LogP contribution is 2.35. The van der Waals surface area contributed by atoms with Crippen molar-refractivity contribution in [1.82, 2.24) is 19.7 Å². The second-order valence-electron chi connectivity index (χ2n) is 8.01. The summed E-state index contributed by atoms with van der Waals surface area (Å²) in [5.74, 6) is 1.65. The third-order valence-electron chi connectivity index (χ3n) is 5.92. The van der Waals surface area contributed by atoms with E-state index in [0.29, 0.717) is 24.0 Å². The van der Waals surface area contributed by atoms with Crippen molar-refractivity contribution < 1.29 is 4.42 Å². The van der Waals surface area contributed by atoms with Gasteiger partial charge >= 0.3 is 0 Å². The highest BCUT2D eigenvalue weighted by atomic mass is 32.2. The molecule has 0 spiro atoms. The van der Waals surface area contributed by atoms with Crippen LogP contribution in [0.15, 0.2) is 44.7 Å². The van der Waals surface area contributed by atoms with Crippen LogP contribution in [0, 0.1) is 13.8 Å². The molecule has 0 radical (unpaired) electrons. The van der Waals surface area contributed by atoms with Gasteiger partial charge in [-0.15, -0.1) is 21.5 Å². The smallest absolute Gasteiger partial charge is 0.263 e. The number of rotatable bonds is 6. The number of aryl methyl sites for hydroxylation is 2. The summed E-state index contributed by atoms with van der Waals surface area (Å²) < 4.78 is 7.79. The number of benzene rings is 1. The van der Waals surface area contributed by atoms with Crippen molar-refractivity contribution in [1.29, 1.82) is 0 Å². The van der Waals surface area contributed by atoms with Gasteiger partial charge in [-0.1, -0.05) is 54.9 Å². The number of thiophene rings is 1. The van der Waals surface area contributed by atoms with Crippen LogP contribution in [0.2, 0.25) is 0 Å². The van der Waals surface area contributed by atoms with Crippen molar-refractivity contribution >= 4 is 33.3 Å². The molecule has 0 aliphatic heterocycles. The highest BCUT2D eigenvalue weighted by Gasteiger charge is 2.25. The first-order valence-electron chi connectivity index (χ1n) is 10.6. The van der Waals surface area contributed by atoms with Crippen LogP contribution in [0.1, 0.15) is 59.5 Å². The molecule has 3 heterocycles. The first kappa shape index (κ1) is 20.5. The largest absolute Gasteiger partial charge is 0.424 e. The van der Waals surface area contributed by atoms with Crippen LogP contribution in [0.25, 0.3) is 10.2 Å². The number of hydrogen-bond donors (Lipinski definition) is 0. The van der Waals surface area contributed by atoms with E-state index in [1.165, 1.54) is 11.8 Å². The standard InChI is InChI=1S/C23H24N4O2S2/c1-14-15(2)31-21-20(14)22(28)27(17-10-6-7-11-17)23(24-21)30-13-19-26-25-18(29-19)12-16-8-4-3-5-9-16/h3-5,8-9,17H,6-7,10-13H2,1-2H3. The van der Waals surface area contributed by atoms with Crippen molar-refractivity contribution in [2.24, 2.45) is 0 Å². The predicted molar refractivity (Wildman–Crippen MR) is 124 cm³/mol. The second kappa shape index (κ2) is 8.59. The maximum atomic E-state index is 13.5. The summed E-state index contributed by atoms with van der Waals surface area (Å²) in [6.07, 6.45) is 5.00. The molecule has 8 heteroatoms. The summed E-state index contributed by atoms with van der Waals surface area (Å²) in [6.45, 7) is 4.08. The Morgan fingerprint density at radius 1 is 1.13 bits per heavy atom. The van der Waals surface area contributed by atoms with Gasteiger partial charge in [0.2, 0.25) is 11.8 Å². The lowest BCUT2D eigenvalue weighted by molar-refractivity contribution is 0.456. The molecule has 0 bridgehead atoms. The van der Waals surface area contributed by atoms with Crippen LogP contribution in [0.5, 0.6) is 0 Å². The number of hydrogen-bond acceptors (Lipinski definition) is 7. The molecule has 0 atom stereocenters. The fourth-order valence-corrected chi connectivity index (χ4v) is 6.16. The van der Waals surface area contributed by atoms with E-state index in [-0.39, 0.29) is 11.6 Å². The van der Waals surface area contributed by atoms with Crippen LogP contribution in [-0.4, -0.2) is 19.7 Å². The van der Waals surface area contributed by atoms with E-state index in [1.54, 1.807) is 11.3 Å². The van der Waals surface area contributed by atoms with Crippen LogP contribution in [-0.2, 0) is 12.2 Å². The highest BCUT2D eigenvalue weighted by molar-refractivity contribution is 7.98. The van der Waals surface area contributed by atoms with E-state index in [2.05, 4.69) is 17.1 Å². The van der Waals surface area contributed by atoms with E-state index in [9.17, 15) is 4.79 Å². The second-order valence-corrected chi connectivity index (χ2v) is 10.2. The zero-order valence-electron chi connectivity index (χ0n) is 17.6. The van der Waals surface area contributed by atoms with Gasteiger partial charge in [0.1, 0.15) is 4.83 Å². The Balaban J connectivity index is 1.42. The molecule has 6 nitrogen and oxygen atoms in total. The number of thioether (sulfide) groups is 1. The monoisotopic (exact) mass is 452 g/mol. The van der Waals surface area contributed by atoms with E-state index in [0.717, 1.165) is 57.1 Å². The molecule has 1 aliphatic rings. The number of nitrogens with zero attached hydrogens (tertiary/aromatic N) is 4. The minimum absolute atomic E-state index is 0.0940. The molecular weight excluding hydrogens is 428 g/mol. The molecule has 1 fully saturated rings. The van der Waals surface area contributed by atoms with Crippen LogP contribution in [0.3, 0.4) is 0 Å². The van der Waals surface area contributed by atoms with Gasteiger partial charge in [0.05, 0.1) is 17.6 Å². The molecule has 31 heavy (non-hydrogen) atoms. The molecule has 1 aromatic carbocycles. The number of fused-ring (bicyclic) bond motifs is 1. The predicted octanol–water partition coefficient (Wildman–Crippen LogP) is 5.46. The van der Waals surface area contributed by atoms with Crippen molar-refractivity contribution in [3.63, 3.8) is 0 Å². The Bertz CT molecular complexity index is 1270. The fraction of sp³-hybridized carbons (Fsp3) is 0.391. The van der Waals surface area contributed by atoms with Gasteiger partial charge in [-0.2, -0.15) is 0 Å². The Morgan fingerprint density at radius 3 is 2.65 bits per heavy atom. The average molecular weight is 453 g/mol. The van der Waals surface area contributed by atoms with Crippen LogP contribution in [0.4, 0.5) is 0 Å². The zero-order valence-corrected chi connectivity index (χ0v) is 19.3. The molecule has 1 saturated carbocycles. The van der Waals surface area contributed by atoms with E-state index >= 15 is 0 Å². The first-order valence-corrected chi connectivity index (χ1v) is 12.4. The van der Waals surface area contributed by atoms with Crippen molar-refractivity contribution in [3.8, 4) is 0 Å². The third-order valence-corrected chi connectivity index (χ3v) is 7.96. The number of aromatic nitrogens is 4. The molecular formula is C23H24N4O2S2. The lowest BCUT2D eigenvalue weighted by atomic mass is 10.2. The van der Waals surface area contributed by atoms with Crippen molar-refractivity contribution in [2.45, 2.75) is 62.9 Å². The summed E-state index contributed by atoms with van der Waals surface area (Å²) in [5.41, 5.74) is 2.29. The summed E-state index contributed by atoms with van der Waals surface area (Å²) >= 11 is 3.11. The maximum absolute atomic E-state index is 13.5. The average Bonchev–Trinajstić information content (AvgIpc) is 3.50. The first-order chi connectivity index (χ1) is 15.1. The topological polar surface area (TPSA) is 73.8 Å². The van der Waals surface area contributed by atoms with E-state index < -0.39 is 0 Å². The summed E-state index contributed by atoms with van der Waals surface area (Å²) in [5, 5.41) is 9.93. The zero-order chi connectivity index (χ0) is 21.4. The van der Waals surface area contributed by atoms with E-state index in [1.807, 2.05) is 41.8 Å². The Hall–Kier alpha value is -2.45. The summed E-state index contributed by atoms with van der Waals surface area (Å²) in [4.78, 5) is 20.3. The molecule has 5 rings (SSSR count). The van der Waals surface area contributed by atoms with Gasteiger partial charge in [0.15, 0.2) is 5.16 Å². The lowest BCUT2D eigenvalue weighted by Gasteiger charge is -2.17. The van der Waals surface area contributed by atoms with Gasteiger partial charge < -0.3 is 4.42 Å². The Labute approximate surface area is 188 Å². The summed E-state index contributed by atoms with van der Waals surface area (Å²) in [6, 6.07) is 10.3. The molecule has 0 unspecified atom stereocenters. The van der Waals surface area contributed by atoms with Crippen LogP contribution >= 0.6 is 23.1 Å². The molecule has 160 valence electrons. The molecule has 0 saturated heterocycles. The molecule has 3 aromatic heterocycles. The quantitative estimate of drug-likeness (QED) is 0.286. The van der Waals surface area contributed by atoms with Crippen molar-refractivity contribution in [3.05, 3.63) is 68.5 Å². The van der Waals surface area contributed by atoms with Gasteiger partial charge in [0, 0.05) is 10.9 Å². The molecule has 0 amide bonds. The van der Waals surface area contributed by atoms with Gasteiger partial charge in [-0.05, 0) is 37.8 Å². The normalized spacial score (nSPS) is 14.6. The fourth-order valence-electron chi connectivity index (χ4n) is 4.19. The lowest BCUT2D eigenvalue weighted by Crippen LogP contribution is -2.26. The third kappa shape index (κ3) is 4.06. The molecule has 1 aliphatic carbocycles. The minimum atomic E-state index is 0.0940. The van der Waals surface area contributed by atoms with Gasteiger partial charge in [-0.25, -0.2) is 4.98 Å². The molecule has 4 aromatic rings. The van der Waals surface area contributed by atoms with E-state index in [4.69, 9.17) is 9.40 Å². The van der Waals surface area contributed by atoms with Crippen LogP contribution < -0.4 is 5.56 Å². The van der Waals surface area contributed by atoms with Gasteiger partial charge in [-0.3, -0.25) is 9.36 Å². The Morgan fingerprint density at radius 2 is 1.87 bits per heavy atom. The maximum Gasteiger partial charge on any atom is 0.263 e. The van der Waals surface area contributed by atoms with Gasteiger partial charge in [0.25, 0.3) is 5.56 Å².